The fourth-order valence-electron chi connectivity index (χ4n) is 0.774. The number of rotatable bonds is 4. The van der Waals surface area contributed by atoms with E-state index < -0.39 is 8.07 Å². The van der Waals surface area contributed by atoms with Crippen LogP contribution in [0.2, 0.25) is 19.6 Å². The highest BCUT2D eigenvalue weighted by molar-refractivity contribution is 6.80. The maximum atomic E-state index is 8.96. The molecular weight excluding hydrogens is 152 g/mol. The molecule has 0 heterocycles. The SMILES string of the molecule is C[C@H](O)CC/C=C/[Si](C)(C)C. The molecule has 0 unspecified atom stereocenters. The number of aliphatic hydroxyl groups is 1. The summed E-state index contributed by atoms with van der Waals surface area (Å²) in [6, 6.07) is 0. The molecule has 11 heavy (non-hydrogen) atoms. The molecule has 0 rings (SSSR count). The molecule has 0 aliphatic rings. The molecule has 0 fully saturated rings. The Bertz CT molecular complexity index is 122. The van der Waals surface area contributed by atoms with E-state index in [9.17, 15) is 0 Å². The lowest BCUT2D eigenvalue weighted by Gasteiger charge is -2.08. The van der Waals surface area contributed by atoms with Crippen LogP contribution in [-0.4, -0.2) is 19.3 Å². The normalized spacial score (nSPS) is 15.7. The van der Waals surface area contributed by atoms with Crippen molar-refractivity contribution in [3.05, 3.63) is 11.8 Å². The molecule has 0 aliphatic carbocycles. The standard InChI is InChI=1S/C9H20OSi/c1-9(10)7-5-6-8-11(2,3)4/h6,8-10H,5,7H2,1-4H3/b8-6+/t9-/m0/s1. The molecule has 0 amide bonds. The summed E-state index contributed by atoms with van der Waals surface area (Å²) in [5.41, 5.74) is 2.33. The monoisotopic (exact) mass is 172 g/mol. The second kappa shape index (κ2) is 4.73. The fourth-order valence-corrected chi connectivity index (χ4v) is 1.65. The zero-order chi connectivity index (χ0) is 8.91. The first-order valence-electron chi connectivity index (χ1n) is 4.27. The summed E-state index contributed by atoms with van der Waals surface area (Å²) in [7, 11) is -0.991. The van der Waals surface area contributed by atoms with Crippen molar-refractivity contribution in [2.24, 2.45) is 0 Å². The second-order valence-corrected chi connectivity index (χ2v) is 9.26. The van der Waals surface area contributed by atoms with Crippen molar-refractivity contribution < 1.29 is 5.11 Å². The molecule has 1 atom stereocenters. The highest BCUT2D eigenvalue weighted by Gasteiger charge is 2.05. The van der Waals surface area contributed by atoms with Crippen LogP contribution in [0.15, 0.2) is 11.8 Å². The summed E-state index contributed by atoms with van der Waals surface area (Å²) in [5, 5.41) is 8.96. The zero-order valence-corrected chi connectivity index (χ0v) is 9.09. The van der Waals surface area contributed by atoms with Gasteiger partial charge in [-0.15, -0.1) is 0 Å². The molecule has 0 bridgehead atoms. The third kappa shape index (κ3) is 9.92. The largest absolute Gasteiger partial charge is 0.393 e. The van der Waals surface area contributed by atoms with Crippen molar-refractivity contribution in [2.45, 2.75) is 45.5 Å². The van der Waals surface area contributed by atoms with Gasteiger partial charge in [-0.2, -0.15) is 0 Å². The van der Waals surface area contributed by atoms with Crippen LogP contribution in [0.3, 0.4) is 0 Å². The van der Waals surface area contributed by atoms with E-state index in [4.69, 9.17) is 5.11 Å². The van der Waals surface area contributed by atoms with Gasteiger partial charge in [0.25, 0.3) is 0 Å². The Morgan fingerprint density at radius 1 is 1.36 bits per heavy atom. The average molecular weight is 172 g/mol. The van der Waals surface area contributed by atoms with Gasteiger partial charge in [-0.3, -0.25) is 0 Å². The van der Waals surface area contributed by atoms with Gasteiger partial charge >= 0.3 is 0 Å². The van der Waals surface area contributed by atoms with Crippen molar-refractivity contribution in [1.82, 2.24) is 0 Å². The van der Waals surface area contributed by atoms with E-state index in [1.165, 1.54) is 0 Å². The average Bonchev–Trinajstić information content (AvgIpc) is 1.78. The molecular formula is C9H20OSi. The van der Waals surface area contributed by atoms with Gasteiger partial charge in [0.05, 0.1) is 14.2 Å². The molecule has 0 aromatic carbocycles. The first kappa shape index (κ1) is 10.9. The summed E-state index contributed by atoms with van der Waals surface area (Å²) in [4.78, 5) is 0. The van der Waals surface area contributed by atoms with Crippen LogP contribution in [0.1, 0.15) is 19.8 Å². The van der Waals surface area contributed by atoms with E-state index >= 15 is 0 Å². The third-order valence-corrected chi connectivity index (χ3v) is 2.60. The first-order chi connectivity index (χ1) is 4.92. The minimum absolute atomic E-state index is 0.152. The highest BCUT2D eigenvalue weighted by Crippen LogP contribution is 2.04. The van der Waals surface area contributed by atoms with Gasteiger partial charge in [0, 0.05) is 0 Å². The third-order valence-electron chi connectivity index (χ3n) is 1.37. The Kier molecular flexibility index (Phi) is 4.69. The molecule has 0 aliphatic heterocycles. The van der Waals surface area contributed by atoms with Crippen molar-refractivity contribution in [2.75, 3.05) is 0 Å². The lowest BCUT2D eigenvalue weighted by molar-refractivity contribution is 0.186. The second-order valence-electron chi connectivity index (χ2n) is 4.19. The van der Waals surface area contributed by atoms with E-state index in [0.29, 0.717) is 0 Å². The van der Waals surface area contributed by atoms with Crippen molar-refractivity contribution >= 4 is 8.07 Å². The van der Waals surface area contributed by atoms with Crippen LogP contribution in [-0.2, 0) is 0 Å². The van der Waals surface area contributed by atoms with Crippen molar-refractivity contribution in [1.29, 1.82) is 0 Å². The van der Waals surface area contributed by atoms with Crippen LogP contribution in [0.4, 0.5) is 0 Å². The zero-order valence-electron chi connectivity index (χ0n) is 8.09. The van der Waals surface area contributed by atoms with Gasteiger partial charge in [-0.1, -0.05) is 31.4 Å². The number of allylic oxidation sites excluding steroid dienone is 1. The van der Waals surface area contributed by atoms with E-state index in [0.717, 1.165) is 12.8 Å². The number of aliphatic hydroxyl groups excluding tert-OH is 1. The maximum absolute atomic E-state index is 8.96. The van der Waals surface area contributed by atoms with Gasteiger partial charge in [0.2, 0.25) is 0 Å². The van der Waals surface area contributed by atoms with Crippen LogP contribution < -0.4 is 0 Å². The topological polar surface area (TPSA) is 20.2 Å². The Morgan fingerprint density at radius 2 is 1.91 bits per heavy atom. The van der Waals surface area contributed by atoms with Gasteiger partial charge in [-0.05, 0) is 19.8 Å². The summed E-state index contributed by atoms with van der Waals surface area (Å²) >= 11 is 0. The Labute approximate surface area is 71.1 Å². The minimum atomic E-state index is -0.991. The summed E-state index contributed by atoms with van der Waals surface area (Å²) < 4.78 is 0. The van der Waals surface area contributed by atoms with E-state index in [2.05, 4.69) is 31.4 Å². The van der Waals surface area contributed by atoms with Crippen LogP contribution in [0.25, 0.3) is 0 Å². The first-order valence-corrected chi connectivity index (χ1v) is 7.85. The molecule has 0 radical (unpaired) electrons. The van der Waals surface area contributed by atoms with Gasteiger partial charge < -0.3 is 5.11 Å². The smallest absolute Gasteiger partial charge is 0.0682 e. The highest BCUT2D eigenvalue weighted by atomic mass is 28.3. The van der Waals surface area contributed by atoms with Crippen LogP contribution >= 0.6 is 0 Å². The predicted octanol–water partition coefficient (Wildman–Crippen LogP) is 2.58. The van der Waals surface area contributed by atoms with Crippen LogP contribution in [0.5, 0.6) is 0 Å². The Hall–Kier alpha value is -0.0831. The lowest BCUT2D eigenvalue weighted by Crippen LogP contribution is -2.15. The van der Waals surface area contributed by atoms with Gasteiger partial charge in [0.15, 0.2) is 0 Å². The lowest BCUT2D eigenvalue weighted by atomic mass is 10.2. The predicted molar refractivity (Wildman–Crippen MR) is 53.4 cm³/mol. The molecule has 2 heteroatoms. The molecule has 1 nitrogen and oxygen atoms in total. The van der Waals surface area contributed by atoms with Crippen LogP contribution in [0, 0.1) is 0 Å². The molecule has 0 spiro atoms. The molecule has 0 saturated carbocycles. The van der Waals surface area contributed by atoms with E-state index in [-0.39, 0.29) is 6.10 Å². The quantitative estimate of drug-likeness (QED) is 0.646. The minimum Gasteiger partial charge on any atom is -0.393 e. The number of hydrogen-bond donors (Lipinski definition) is 1. The maximum Gasteiger partial charge on any atom is 0.0682 e. The van der Waals surface area contributed by atoms with E-state index in [1.807, 2.05) is 6.92 Å². The summed E-state index contributed by atoms with van der Waals surface area (Å²) in [6.07, 6.45) is 3.96. The molecule has 0 aromatic heterocycles. The van der Waals surface area contributed by atoms with Crippen molar-refractivity contribution in [3.8, 4) is 0 Å². The Morgan fingerprint density at radius 3 is 2.27 bits per heavy atom. The fraction of sp³-hybridized carbons (Fsp3) is 0.778. The summed E-state index contributed by atoms with van der Waals surface area (Å²) in [5.74, 6) is 0. The summed E-state index contributed by atoms with van der Waals surface area (Å²) in [6.45, 7) is 8.77. The number of hydrogen-bond acceptors (Lipinski definition) is 1. The molecule has 66 valence electrons. The molecule has 0 saturated heterocycles. The van der Waals surface area contributed by atoms with Crippen molar-refractivity contribution in [3.63, 3.8) is 0 Å². The Balaban J connectivity index is 3.46. The van der Waals surface area contributed by atoms with E-state index in [1.54, 1.807) is 0 Å². The molecule has 0 aromatic rings. The van der Waals surface area contributed by atoms with Gasteiger partial charge in [0.1, 0.15) is 0 Å². The van der Waals surface area contributed by atoms with Gasteiger partial charge in [-0.25, -0.2) is 0 Å². The molecule has 1 N–H and O–H groups in total.